The van der Waals surface area contributed by atoms with Crippen LogP contribution in [0.15, 0.2) is 0 Å². The molecule has 0 aromatic carbocycles. The first-order chi connectivity index (χ1) is 4.38. The van der Waals surface area contributed by atoms with Crippen LogP contribution < -0.4 is 0 Å². The molecule has 0 radical (unpaired) electrons. The normalized spacial score (nSPS) is 22.2. The highest BCUT2D eigenvalue weighted by atomic mass is 15.2. The van der Waals surface area contributed by atoms with Crippen LogP contribution in [0.5, 0.6) is 0 Å². The molecule has 1 aliphatic rings. The van der Waals surface area contributed by atoms with E-state index in [2.05, 4.69) is 17.9 Å². The van der Waals surface area contributed by atoms with E-state index in [0.29, 0.717) is 0 Å². The smallest absolute Gasteiger partial charge is 0.0975 e. The Morgan fingerprint density at radius 2 is 2.33 bits per heavy atom. The highest BCUT2D eigenvalue weighted by Crippen LogP contribution is 2.12. The van der Waals surface area contributed by atoms with Crippen molar-refractivity contribution in [1.29, 1.82) is 5.26 Å². The van der Waals surface area contributed by atoms with Gasteiger partial charge in [0.25, 0.3) is 0 Å². The Hall–Kier alpha value is -0.550. The molecule has 1 aliphatic heterocycles. The fourth-order valence-corrected chi connectivity index (χ4v) is 1.08. The number of nitriles is 1. The van der Waals surface area contributed by atoms with Crippen molar-refractivity contribution in [2.45, 2.75) is 25.8 Å². The third-order valence-electron chi connectivity index (χ3n) is 1.87. The van der Waals surface area contributed by atoms with E-state index in [1.165, 1.54) is 6.42 Å². The van der Waals surface area contributed by atoms with Gasteiger partial charge >= 0.3 is 0 Å². The summed E-state index contributed by atoms with van der Waals surface area (Å²) < 4.78 is 0. The average molecular weight is 124 g/mol. The van der Waals surface area contributed by atoms with E-state index in [-0.39, 0.29) is 6.04 Å². The van der Waals surface area contributed by atoms with Gasteiger partial charge < -0.3 is 0 Å². The minimum absolute atomic E-state index is 0.193. The lowest BCUT2D eigenvalue weighted by atomic mass is 10.1. The van der Waals surface area contributed by atoms with Gasteiger partial charge in [-0.1, -0.05) is 6.92 Å². The van der Waals surface area contributed by atoms with E-state index in [0.717, 1.165) is 19.5 Å². The van der Waals surface area contributed by atoms with Crippen molar-refractivity contribution in [2.75, 3.05) is 13.1 Å². The van der Waals surface area contributed by atoms with Gasteiger partial charge in [0.15, 0.2) is 0 Å². The Kier molecular flexibility index (Phi) is 2.07. The van der Waals surface area contributed by atoms with Crippen LogP contribution >= 0.6 is 0 Å². The molecule has 1 unspecified atom stereocenters. The molecule has 2 nitrogen and oxygen atoms in total. The molecule has 2 heteroatoms. The maximum absolute atomic E-state index is 8.57. The summed E-state index contributed by atoms with van der Waals surface area (Å²) in [4.78, 5) is 2.22. The Morgan fingerprint density at radius 1 is 1.67 bits per heavy atom. The van der Waals surface area contributed by atoms with Crippen molar-refractivity contribution in [3.63, 3.8) is 0 Å². The van der Waals surface area contributed by atoms with Crippen LogP contribution in [0.1, 0.15) is 19.8 Å². The summed E-state index contributed by atoms with van der Waals surface area (Å²) in [5.41, 5.74) is 0. The van der Waals surface area contributed by atoms with Crippen molar-refractivity contribution in [1.82, 2.24) is 4.90 Å². The molecule has 1 rings (SSSR count). The second-order valence-electron chi connectivity index (χ2n) is 2.44. The Labute approximate surface area is 56.1 Å². The van der Waals surface area contributed by atoms with Crippen molar-refractivity contribution in [3.8, 4) is 6.07 Å². The molecule has 0 aliphatic carbocycles. The van der Waals surface area contributed by atoms with Gasteiger partial charge in [-0.3, -0.25) is 4.90 Å². The van der Waals surface area contributed by atoms with Gasteiger partial charge in [0, 0.05) is 13.1 Å². The van der Waals surface area contributed by atoms with Crippen molar-refractivity contribution in [2.24, 2.45) is 0 Å². The summed E-state index contributed by atoms with van der Waals surface area (Å²) >= 11 is 0. The lowest BCUT2D eigenvalue weighted by Crippen LogP contribution is -2.44. The molecule has 0 aromatic heterocycles. The van der Waals surface area contributed by atoms with Gasteiger partial charge in [0.05, 0.1) is 12.1 Å². The first-order valence-corrected chi connectivity index (χ1v) is 3.52. The minimum atomic E-state index is 0.193. The van der Waals surface area contributed by atoms with Gasteiger partial charge in [0.2, 0.25) is 0 Å². The van der Waals surface area contributed by atoms with Crippen molar-refractivity contribution < 1.29 is 0 Å². The van der Waals surface area contributed by atoms with Crippen molar-refractivity contribution in [3.05, 3.63) is 0 Å². The molecular weight excluding hydrogens is 112 g/mol. The Morgan fingerprint density at radius 3 is 2.44 bits per heavy atom. The molecule has 1 heterocycles. The van der Waals surface area contributed by atoms with Crippen LogP contribution in [0.25, 0.3) is 0 Å². The van der Waals surface area contributed by atoms with Crippen LogP contribution in [0, 0.1) is 11.3 Å². The van der Waals surface area contributed by atoms with Crippen LogP contribution in [0.2, 0.25) is 0 Å². The van der Waals surface area contributed by atoms with Gasteiger partial charge in [-0.15, -0.1) is 0 Å². The Bertz CT molecular complexity index is 121. The topological polar surface area (TPSA) is 27.0 Å². The van der Waals surface area contributed by atoms with Gasteiger partial charge in [0.1, 0.15) is 0 Å². The molecule has 1 saturated heterocycles. The predicted octanol–water partition coefficient (Wildman–Crippen LogP) is 0.994. The SMILES string of the molecule is CCC(C#N)N1CCC1. The number of nitrogens with zero attached hydrogens (tertiary/aromatic N) is 2. The molecule has 0 saturated carbocycles. The van der Waals surface area contributed by atoms with Gasteiger partial charge in [-0.2, -0.15) is 5.26 Å². The zero-order valence-corrected chi connectivity index (χ0v) is 5.80. The maximum atomic E-state index is 8.57. The standard InChI is InChI=1S/C7H12N2/c1-2-7(6-8)9-4-3-5-9/h7H,2-5H2,1H3. The van der Waals surface area contributed by atoms with Crippen LogP contribution in [0.4, 0.5) is 0 Å². The molecule has 0 bridgehead atoms. The Balaban J connectivity index is 2.30. The van der Waals surface area contributed by atoms with Gasteiger partial charge in [-0.25, -0.2) is 0 Å². The lowest BCUT2D eigenvalue weighted by Gasteiger charge is -2.33. The maximum Gasteiger partial charge on any atom is 0.0975 e. The zero-order chi connectivity index (χ0) is 6.69. The zero-order valence-electron chi connectivity index (χ0n) is 5.80. The molecule has 0 N–H and O–H groups in total. The lowest BCUT2D eigenvalue weighted by molar-refractivity contribution is 0.145. The number of hydrogen-bond acceptors (Lipinski definition) is 2. The van der Waals surface area contributed by atoms with Crippen LogP contribution in [-0.2, 0) is 0 Å². The molecule has 50 valence electrons. The summed E-state index contributed by atoms with van der Waals surface area (Å²) in [5, 5.41) is 8.57. The average Bonchev–Trinajstić information content (AvgIpc) is 1.78. The molecule has 0 amide bonds. The minimum Gasteiger partial charge on any atom is -0.288 e. The summed E-state index contributed by atoms with van der Waals surface area (Å²) in [6.07, 6.45) is 2.24. The van der Waals surface area contributed by atoms with E-state index >= 15 is 0 Å². The van der Waals surface area contributed by atoms with E-state index in [1.54, 1.807) is 0 Å². The molecule has 9 heavy (non-hydrogen) atoms. The highest BCUT2D eigenvalue weighted by Gasteiger charge is 2.21. The highest BCUT2D eigenvalue weighted by molar-refractivity contribution is 4.93. The van der Waals surface area contributed by atoms with E-state index in [4.69, 9.17) is 5.26 Å². The largest absolute Gasteiger partial charge is 0.288 e. The summed E-state index contributed by atoms with van der Waals surface area (Å²) in [5.74, 6) is 0. The second-order valence-corrected chi connectivity index (χ2v) is 2.44. The molecule has 0 spiro atoms. The second kappa shape index (κ2) is 2.84. The fourth-order valence-electron chi connectivity index (χ4n) is 1.08. The van der Waals surface area contributed by atoms with Crippen LogP contribution in [0.3, 0.4) is 0 Å². The van der Waals surface area contributed by atoms with Crippen LogP contribution in [-0.4, -0.2) is 24.0 Å². The molecule has 0 aromatic rings. The third-order valence-corrected chi connectivity index (χ3v) is 1.87. The number of hydrogen-bond donors (Lipinski definition) is 0. The molecule has 1 fully saturated rings. The number of rotatable bonds is 2. The molecule has 1 atom stereocenters. The van der Waals surface area contributed by atoms with E-state index in [1.807, 2.05) is 0 Å². The van der Waals surface area contributed by atoms with E-state index < -0.39 is 0 Å². The quantitative estimate of drug-likeness (QED) is 0.549. The molecular formula is C7H12N2. The van der Waals surface area contributed by atoms with Crippen molar-refractivity contribution >= 4 is 0 Å². The summed E-state index contributed by atoms with van der Waals surface area (Å²) in [6, 6.07) is 2.47. The van der Waals surface area contributed by atoms with E-state index in [9.17, 15) is 0 Å². The fraction of sp³-hybridized carbons (Fsp3) is 0.857. The predicted molar refractivity (Wildman–Crippen MR) is 35.9 cm³/mol. The monoisotopic (exact) mass is 124 g/mol. The summed E-state index contributed by atoms with van der Waals surface area (Å²) in [7, 11) is 0. The first kappa shape index (κ1) is 6.57. The van der Waals surface area contributed by atoms with Gasteiger partial charge in [-0.05, 0) is 12.8 Å². The third kappa shape index (κ3) is 1.22. The first-order valence-electron chi connectivity index (χ1n) is 3.52. The summed E-state index contributed by atoms with van der Waals surface area (Å²) in [6.45, 7) is 4.32. The number of likely N-dealkylation sites (tertiary alicyclic amines) is 1.